The molecule has 0 aliphatic rings. The summed E-state index contributed by atoms with van der Waals surface area (Å²) in [6.45, 7) is 2.39. The van der Waals surface area contributed by atoms with Gasteiger partial charge < -0.3 is 15.2 Å². The van der Waals surface area contributed by atoms with Crippen LogP contribution in [0.5, 0.6) is 5.75 Å². The van der Waals surface area contributed by atoms with Crippen molar-refractivity contribution in [1.82, 2.24) is 0 Å². The maximum absolute atomic E-state index is 10.2. The molecule has 0 aromatic heterocycles. The van der Waals surface area contributed by atoms with Crippen LogP contribution in [-0.4, -0.2) is 18.8 Å². The number of methoxy groups -OCH3 is 1. The minimum absolute atomic E-state index is 0.400. The molecule has 1 unspecified atom stereocenters. The second-order valence-corrected chi connectivity index (χ2v) is 5.01. The van der Waals surface area contributed by atoms with Crippen molar-refractivity contribution in [1.29, 1.82) is 0 Å². The van der Waals surface area contributed by atoms with Gasteiger partial charge in [0.05, 0.1) is 13.2 Å². The first-order valence-electron chi connectivity index (χ1n) is 6.43. The number of halogens is 1. The fraction of sp³-hybridized carbons (Fsp3) is 0.250. The molecule has 0 fully saturated rings. The van der Waals surface area contributed by atoms with Crippen molar-refractivity contribution < 1.29 is 9.84 Å². The Morgan fingerprint density at radius 1 is 1.25 bits per heavy atom. The van der Waals surface area contributed by atoms with E-state index >= 15 is 0 Å². The summed E-state index contributed by atoms with van der Waals surface area (Å²) in [7, 11) is 1.64. The SMILES string of the molecule is COc1ccc(NCC(O)c2ccccc2Cl)c(C)c1. The summed E-state index contributed by atoms with van der Waals surface area (Å²) >= 11 is 6.07. The van der Waals surface area contributed by atoms with Crippen molar-refractivity contribution in [2.45, 2.75) is 13.0 Å². The largest absolute Gasteiger partial charge is 0.497 e. The molecule has 0 aliphatic heterocycles. The van der Waals surface area contributed by atoms with Crippen molar-refractivity contribution in [2.75, 3.05) is 19.0 Å². The van der Waals surface area contributed by atoms with Crippen molar-refractivity contribution in [3.8, 4) is 5.75 Å². The molecule has 0 heterocycles. The van der Waals surface area contributed by atoms with Gasteiger partial charge >= 0.3 is 0 Å². The van der Waals surface area contributed by atoms with Gasteiger partial charge in [-0.3, -0.25) is 0 Å². The summed E-state index contributed by atoms with van der Waals surface area (Å²) in [5.41, 5.74) is 2.76. The molecule has 2 aromatic rings. The molecule has 2 rings (SSSR count). The molecule has 0 spiro atoms. The topological polar surface area (TPSA) is 41.5 Å². The number of aryl methyl sites for hydroxylation is 1. The zero-order chi connectivity index (χ0) is 14.5. The first kappa shape index (κ1) is 14.7. The number of anilines is 1. The number of aliphatic hydroxyl groups is 1. The third-order valence-corrected chi connectivity index (χ3v) is 3.53. The molecular formula is C16H18ClNO2. The van der Waals surface area contributed by atoms with Crippen LogP contribution in [0.2, 0.25) is 5.02 Å². The van der Waals surface area contributed by atoms with Crippen molar-refractivity contribution in [3.63, 3.8) is 0 Å². The van der Waals surface area contributed by atoms with E-state index in [0.29, 0.717) is 11.6 Å². The number of hydrogen-bond donors (Lipinski definition) is 2. The summed E-state index contributed by atoms with van der Waals surface area (Å²) in [6, 6.07) is 13.1. The fourth-order valence-corrected chi connectivity index (χ4v) is 2.29. The molecule has 3 nitrogen and oxygen atoms in total. The molecule has 0 bridgehead atoms. The number of hydrogen-bond acceptors (Lipinski definition) is 3. The lowest BCUT2D eigenvalue weighted by Crippen LogP contribution is -2.13. The van der Waals surface area contributed by atoms with Crippen LogP contribution in [0.15, 0.2) is 42.5 Å². The summed E-state index contributed by atoms with van der Waals surface area (Å²) in [6.07, 6.45) is -0.648. The van der Waals surface area contributed by atoms with Crippen molar-refractivity contribution in [3.05, 3.63) is 58.6 Å². The molecule has 0 saturated heterocycles. The van der Waals surface area contributed by atoms with Crippen LogP contribution in [-0.2, 0) is 0 Å². The Labute approximate surface area is 124 Å². The Bertz CT molecular complexity index is 586. The van der Waals surface area contributed by atoms with Gasteiger partial charge in [0, 0.05) is 22.8 Å². The summed E-state index contributed by atoms with van der Waals surface area (Å²) in [4.78, 5) is 0. The van der Waals surface area contributed by atoms with Crippen molar-refractivity contribution in [2.24, 2.45) is 0 Å². The predicted octanol–water partition coefficient (Wildman–Crippen LogP) is 3.80. The molecule has 1 atom stereocenters. The number of ether oxygens (including phenoxy) is 1. The highest BCUT2D eigenvalue weighted by molar-refractivity contribution is 6.31. The Hall–Kier alpha value is -1.71. The van der Waals surface area contributed by atoms with Gasteiger partial charge in [0.2, 0.25) is 0 Å². The van der Waals surface area contributed by atoms with Crippen LogP contribution < -0.4 is 10.1 Å². The normalized spacial score (nSPS) is 12.0. The first-order chi connectivity index (χ1) is 9.61. The fourth-order valence-electron chi connectivity index (χ4n) is 2.02. The molecule has 4 heteroatoms. The number of nitrogens with one attached hydrogen (secondary N) is 1. The second kappa shape index (κ2) is 6.64. The number of benzene rings is 2. The summed E-state index contributed by atoms with van der Waals surface area (Å²) < 4.78 is 5.17. The molecule has 106 valence electrons. The van der Waals surface area contributed by atoms with Gasteiger partial charge in [-0.25, -0.2) is 0 Å². The lowest BCUT2D eigenvalue weighted by molar-refractivity contribution is 0.191. The minimum Gasteiger partial charge on any atom is -0.497 e. The van der Waals surface area contributed by atoms with Gasteiger partial charge in [-0.2, -0.15) is 0 Å². The molecule has 20 heavy (non-hydrogen) atoms. The quantitative estimate of drug-likeness (QED) is 0.880. The average molecular weight is 292 g/mol. The van der Waals surface area contributed by atoms with Gasteiger partial charge in [0.25, 0.3) is 0 Å². The van der Waals surface area contributed by atoms with Crippen LogP contribution >= 0.6 is 11.6 Å². The Morgan fingerprint density at radius 3 is 2.65 bits per heavy atom. The smallest absolute Gasteiger partial charge is 0.119 e. The highest BCUT2D eigenvalue weighted by Gasteiger charge is 2.11. The lowest BCUT2D eigenvalue weighted by atomic mass is 10.1. The zero-order valence-electron chi connectivity index (χ0n) is 11.6. The van der Waals surface area contributed by atoms with Crippen LogP contribution in [0, 0.1) is 6.92 Å². The van der Waals surface area contributed by atoms with E-state index < -0.39 is 6.10 Å². The maximum atomic E-state index is 10.2. The lowest BCUT2D eigenvalue weighted by Gasteiger charge is -2.16. The van der Waals surface area contributed by atoms with Crippen LogP contribution in [0.4, 0.5) is 5.69 Å². The molecule has 0 radical (unpaired) electrons. The number of rotatable bonds is 5. The Morgan fingerprint density at radius 2 is 2.00 bits per heavy atom. The van der Waals surface area contributed by atoms with E-state index in [4.69, 9.17) is 16.3 Å². The highest BCUT2D eigenvalue weighted by atomic mass is 35.5. The number of aliphatic hydroxyl groups excluding tert-OH is 1. The molecule has 0 saturated carbocycles. The van der Waals surface area contributed by atoms with Crippen LogP contribution in [0.3, 0.4) is 0 Å². The maximum Gasteiger partial charge on any atom is 0.119 e. The van der Waals surface area contributed by atoms with E-state index in [0.717, 1.165) is 22.6 Å². The van der Waals surface area contributed by atoms with Gasteiger partial charge in [-0.05, 0) is 36.8 Å². The van der Waals surface area contributed by atoms with Crippen molar-refractivity contribution >= 4 is 17.3 Å². The standard InChI is InChI=1S/C16H18ClNO2/c1-11-9-12(20-2)7-8-15(11)18-10-16(19)13-5-3-4-6-14(13)17/h3-9,16,18-19H,10H2,1-2H3. The van der Waals surface area contributed by atoms with E-state index in [1.54, 1.807) is 13.2 Å². The molecule has 2 N–H and O–H groups in total. The van der Waals surface area contributed by atoms with Crippen LogP contribution in [0.25, 0.3) is 0 Å². The third-order valence-electron chi connectivity index (χ3n) is 3.18. The monoisotopic (exact) mass is 291 g/mol. The van der Waals surface area contributed by atoms with Gasteiger partial charge in [-0.1, -0.05) is 29.8 Å². The molecule has 0 aliphatic carbocycles. The Kier molecular flexibility index (Phi) is 4.88. The Balaban J connectivity index is 2.04. The summed E-state index contributed by atoms with van der Waals surface area (Å²) in [5, 5.41) is 14.0. The second-order valence-electron chi connectivity index (χ2n) is 4.60. The van der Waals surface area contributed by atoms with E-state index in [1.807, 2.05) is 43.3 Å². The van der Waals surface area contributed by atoms with E-state index in [2.05, 4.69) is 5.32 Å². The van der Waals surface area contributed by atoms with Crippen LogP contribution in [0.1, 0.15) is 17.2 Å². The highest BCUT2D eigenvalue weighted by Crippen LogP contribution is 2.25. The van der Waals surface area contributed by atoms with E-state index in [1.165, 1.54) is 0 Å². The van der Waals surface area contributed by atoms with Gasteiger partial charge in [-0.15, -0.1) is 0 Å². The molecule has 2 aromatic carbocycles. The average Bonchev–Trinajstić information content (AvgIpc) is 2.46. The third kappa shape index (κ3) is 3.44. The van der Waals surface area contributed by atoms with E-state index in [9.17, 15) is 5.11 Å². The first-order valence-corrected chi connectivity index (χ1v) is 6.80. The summed E-state index contributed by atoms with van der Waals surface area (Å²) in [5.74, 6) is 0.819. The minimum atomic E-state index is -0.648. The predicted molar refractivity (Wildman–Crippen MR) is 82.6 cm³/mol. The van der Waals surface area contributed by atoms with Gasteiger partial charge in [0.1, 0.15) is 5.75 Å². The molecule has 0 amide bonds. The zero-order valence-corrected chi connectivity index (χ0v) is 12.3. The van der Waals surface area contributed by atoms with E-state index in [-0.39, 0.29) is 0 Å². The molecular weight excluding hydrogens is 274 g/mol. The van der Waals surface area contributed by atoms with Gasteiger partial charge in [0.15, 0.2) is 0 Å².